The van der Waals surface area contributed by atoms with Crippen LogP contribution in [0.3, 0.4) is 0 Å². The lowest BCUT2D eigenvalue weighted by molar-refractivity contribution is 0.416. The molecule has 0 unspecified atom stereocenters. The molecular weight excluding hydrogens is 348 g/mol. The van der Waals surface area contributed by atoms with E-state index in [2.05, 4.69) is 70.6 Å². The van der Waals surface area contributed by atoms with Gasteiger partial charge in [0.1, 0.15) is 11.3 Å². The van der Waals surface area contributed by atoms with Gasteiger partial charge in [-0.1, -0.05) is 12.1 Å². The van der Waals surface area contributed by atoms with Crippen LogP contribution in [-0.4, -0.2) is 21.9 Å². The molecule has 142 valence electrons. The first kappa shape index (κ1) is 16.9. The Morgan fingerprint density at radius 3 is 2.82 bits per heavy atom. The fourth-order valence-electron chi connectivity index (χ4n) is 3.66. The number of fused-ring (bicyclic) bond motifs is 1. The summed E-state index contributed by atoms with van der Waals surface area (Å²) in [4.78, 5) is 3.37. The number of H-pyrrole nitrogens is 1. The molecule has 5 heteroatoms. The molecule has 0 spiro atoms. The van der Waals surface area contributed by atoms with E-state index < -0.39 is 0 Å². The molecule has 2 aromatic carbocycles. The molecule has 1 aliphatic carbocycles. The van der Waals surface area contributed by atoms with Gasteiger partial charge in [0.15, 0.2) is 0 Å². The van der Waals surface area contributed by atoms with Gasteiger partial charge in [-0.05, 0) is 56.0 Å². The molecule has 0 bridgehead atoms. The maximum absolute atomic E-state index is 5.65. The standard InChI is InChI=1S/C23H24N4O/c1-15-6-11-20(24-15)19-10-9-18(12-22(19)28-2)25-21-5-3-4-17-14-27(26-23(17)21)13-16-7-8-16/h3-6,9-12,14,16,24-25H,7-8,13H2,1-2H3. The SMILES string of the molecule is COc1cc(Nc2cccc3cn(CC4CC4)nc23)ccc1-c1ccc(C)[nH]1. The number of benzene rings is 2. The number of aromatic amines is 1. The highest BCUT2D eigenvalue weighted by Gasteiger charge is 2.22. The van der Waals surface area contributed by atoms with Gasteiger partial charge in [-0.15, -0.1) is 0 Å². The van der Waals surface area contributed by atoms with Crippen LogP contribution in [-0.2, 0) is 6.54 Å². The lowest BCUT2D eigenvalue weighted by Gasteiger charge is -2.12. The molecule has 0 atom stereocenters. The van der Waals surface area contributed by atoms with Crippen LogP contribution >= 0.6 is 0 Å². The second-order valence-corrected chi connectivity index (χ2v) is 7.63. The summed E-state index contributed by atoms with van der Waals surface area (Å²) in [6.07, 6.45) is 4.80. The summed E-state index contributed by atoms with van der Waals surface area (Å²) in [7, 11) is 1.71. The number of hydrogen-bond donors (Lipinski definition) is 2. The van der Waals surface area contributed by atoms with Gasteiger partial charge in [0.2, 0.25) is 0 Å². The number of nitrogens with zero attached hydrogens (tertiary/aromatic N) is 2. The molecule has 1 fully saturated rings. The number of rotatable bonds is 6. The van der Waals surface area contributed by atoms with Crippen molar-refractivity contribution >= 4 is 22.3 Å². The molecule has 5 nitrogen and oxygen atoms in total. The molecule has 0 saturated heterocycles. The average Bonchev–Trinajstić information content (AvgIpc) is 3.24. The maximum Gasteiger partial charge on any atom is 0.130 e. The van der Waals surface area contributed by atoms with E-state index in [0.29, 0.717) is 0 Å². The van der Waals surface area contributed by atoms with E-state index >= 15 is 0 Å². The van der Waals surface area contributed by atoms with Crippen LogP contribution in [0.5, 0.6) is 5.75 Å². The van der Waals surface area contributed by atoms with Gasteiger partial charge in [0.05, 0.1) is 12.8 Å². The van der Waals surface area contributed by atoms with Gasteiger partial charge >= 0.3 is 0 Å². The summed E-state index contributed by atoms with van der Waals surface area (Å²) in [5.41, 5.74) is 6.24. The molecule has 2 aromatic heterocycles. The lowest BCUT2D eigenvalue weighted by Crippen LogP contribution is -2.00. The van der Waals surface area contributed by atoms with Gasteiger partial charge < -0.3 is 15.0 Å². The minimum Gasteiger partial charge on any atom is -0.496 e. The molecule has 1 aliphatic rings. The fraction of sp³-hybridized carbons (Fsp3) is 0.261. The Balaban J connectivity index is 1.46. The Morgan fingerprint density at radius 1 is 1.18 bits per heavy atom. The molecule has 5 rings (SSSR count). The number of aryl methyl sites for hydroxylation is 1. The highest BCUT2D eigenvalue weighted by atomic mass is 16.5. The summed E-state index contributed by atoms with van der Waals surface area (Å²) in [5.74, 6) is 1.64. The highest BCUT2D eigenvalue weighted by Crippen LogP contribution is 2.35. The van der Waals surface area contributed by atoms with E-state index in [1.807, 2.05) is 6.07 Å². The molecule has 2 N–H and O–H groups in total. The Labute approximate surface area is 164 Å². The number of aromatic nitrogens is 3. The maximum atomic E-state index is 5.65. The first-order valence-corrected chi connectivity index (χ1v) is 9.77. The van der Waals surface area contributed by atoms with E-state index in [4.69, 9.17) is 9.84 Å². The summed E-state index contributed by atoms with van der Waals surface area (Å²) < 4.78 is 7.74. The summed E-state index contributed by atoms with van der Waals surface area (Å²) in [6.45, 7) is 3.07. The zero-order valence-electron chi connectivity index (χ0n) is 16.2. The van der Waals surface area contributed by atoms with Crippen LogP contribution in [0.1, 0.15) is 18.5 Å². The van der Waals surface area contributed by atoms with Crippen LogP contribution in [0.4, 0.5) is 11.4 Å². The number of nitrogens with one attached hydrogen (secondary N) is 2. The molecule has 0 aliphatic heterocycles. The zero-order chi connectivity index (χ0) is 19.1. The average molecular weight is 372 g/mol. The van der Waals surface area contributed by atoms with Crippen molar-refractivity contribution in [3.63, 3.8) is 0 Å². The number of ether oxygens (including phenoxy) is 1. The largest absolute Gasteiger partial charge is 0.496 e. The van der Waals surface area contributed by atoms with Gasteiger partial charge in [-0.25, -0.2) is 0 Å². The van der Waals surface area contributed by atoms with E-state index in [1.54, 1.807) is 7.11 Å². The van der Waals surface area contributed by atoms with Crippen molar-refractivity contribution in [2.24, 2.45) is 5.92 Å². The highest BCUT2D eigenvalue weighted by molar-refractivity contribution is 5.92. The third-order valence-corrected chi connectivity index (χ3v) is 5.33. The first-order chi connectivity index (χ1) is 13.7. The third-order valence-electron chi connectivity index (χ3n) is 5.33. The number of hydrogen-bond acceptors (Lipinski definition) is 3. The minimum absolute atomic E-state index is 0.805. The van der Waals surface area contributed by atoms with Crippen molar-refractivity contribution in [2.75, 3.05) is 12.4 Å². The van der Waals surface area contributed by atoms with Crippen molar-refractivity contribution in [1.29, 1.82) is 0 Å². The Kier molecular flexibility index (Phi) is 4.08. The van der Waals surface area contributed by atoms with E-state index in [-0.39, 0.29) is 0 Å². The van der Waals surface area contributed by atoms with Gasteiger partial charge in [0.25, 0.3) is 0 Å². The van der Waals surface area contributed by atoms with Crippen LogP contribution in [0, 0.1) is 12.8 Å². The normalized spacial score (nSPS) is 13.8. The summed E-state index contributed by atoms with van der Waals surface area (Å²) in [5, 5.41) is 9.50. The van der Waals surface area contributed by atoms with Crippen molar-refractivity contribution in [3.8, 4) is 17.0 Å². The smallest absolute Gasteiger partial charge is 0.130 e. The zero-order valence-corrected chi connectivity index (χ0v) is 16.2. The molecule has 2 heterocycles. The van der Waals surface area contributed by atoms with E-state index in [1.165, 1.54) is 12.8 Å². The van der Waals surface area contributed by atoms with Gasteiger partial charge in [-0.2, -0.15) is 5.10 Å². The second-order valence-electron chi connectivity index (χ2n) is 7.63. The lowest BCUT2D eigenvalue weighted by atomic mass is 10.1. The van der Waals surface area contributed by atoms with Gasteiger partial charge in [-0.3, -0.25) is 4.68 Å². The predicted molar refractivity (Wildman–Crippen MR) is 113 cm³/mol. The Hall–Kier alpha value is -3.21. The molecule has 0 amide bonds. The van der Waals surface area contributed by atoms with Crippen LogP contribution in [0.25, 0.3) is 22.2 Å². The monoisotopic (exact) mass is 372 g/mol. The van der Waals surface area contributed by atoms with Crippen molar-refractivity contribution < 1.29 is 4.74 Å². The predicted octanol–water partition coefficient (Wildman–Crippen LogP) is 5.50. The molecule has 4 aromatic rings. The number of anilines is 2. The van der Waals surface area contributed by atoms with E-state index in [9.17, 15) is 0 Å². The van der Waals surface area contributed by atoms with Crippen molar-refractivity contribution in [1.82, 2.24) is 14.8 Å². The van der Waals surface area contributed by atoms with Crippen molar-refractivity contribution in [2.45, 2.75) is 26.3 Å². The summed E-state index contributed by atoms with van der Waals surface area (Å²) >= 11 is 0. The van der Waals surface area contributed by atoms with E-state index in [0.717, 1.165) is 57.4 Å². The Bertz CT molecular complexity index is 1140. The molecular formula is C23H24N4O. The van der Waals surface area contributed by atoms with Crippen LogP contribution < -0.4 is 10.1 Å². The second kappa shape index (κ2) is 6.75. The molecule has 28 heavy (non-hydrogen) atoms. The third kappa shape index (κ3) is 3.24. The molecule has 1 saturated carbocycles. The molecule has 0 radical (unpaired) electrons. The fourth-order valence-corrected chi connectivity index (χ4v) is 3.66. The number of methoxy groups -OCH3 is 1. The summed E-state index contributed by atoms with van der Waals surface area (Å²) in [6, 6.07) is 16.6. The van der Waals surface area contributed by atoms with Crippen LogP contribution in [0.15, 0.2) is 54.7 Å². The first-order valence-electron chi connectivity index (χ1n) is 9.77. The topological polar surface area (TPSA) is 54.9 Å². The Morgan fingerprint density at radius 2 is 2.07 bits per heavy atom. The van der Waals surface area contributed by atoms with Gasteiger partial charge in [0, 0.05) is 46.8 Å². The van der Waals surface area contributed by atoms with Crippen molar-refractivity contribution in [3.05, 3.63) is 60.4 Å². The van der Waals surface area contributed by atoms with Crippen LogP contribution in [0.2, 0.25) is 0 Å². The minimum atomic E-state index is 0.805. The quantitative estimate of drug-likeness (QED) is 0.470.